The van der Waals surface area contributed by atoms with Crippen molar-refractivity contribution >= 4 is 37.4 Å². The van der Waals surface area contributed by atoms with Crippen molar-refractivity contribution in [1.29, 1.82) is 0 Å². The molecule has 0 N–H and O–H groups in total. The summed E-state index contributed by atoms with van der Waals surface area (Å²) in [6, 6.07) is 3.49. The number of alkyl halides is 1. The van der Waals surface area contributed by atoms with Crippen LogP contribution in [0.25, 0.3) is 0 Å². The molecule has 0 aliphatic carbocycles. The first kappa shape index (κ1) is 14.9. The summed E-state index contributed by atoms with van der Waals surface area (Å²) in [7, 11) is -3.21. The summed E-state index contributed by atoms with van der Waals surface area (Å²) in [5.41, 5.74) is 0.684. The predicted octanol–water partition coefficient (Wildman–Crippen LogP) is 2.93. The first-order chi connectivity index (χ1) is 8.80. The van der Waals surface area contributed by atoms with Gasteiger partial charge in [-0.2, -0.15) is 0 Å². The van der Waals surface area contributed by atoms with Crippen LogP contribution in [-0.2, 0) is 9.84 Å². The monoisotopic (exact) mass is 368 g/mol. The van der Waals surface area contributed by atoms with Crippen molar-refractivity contribution in [2.75, 3.05) is 19.5 Å². The number of ether oxygens (including phenoxy) is 2. The van der Waals surface area contributed by atoms with Gasteiger partial charge in [0.25, 0.3) is 0 Å². The van der Waals surface area contributed by atoms with Crippen molar-refractivity contribution in [1.82, 2.24) is 0 Å². The molecule has 4 nitrogen and oxygen atoms in total. The van der Waals surface area contributed by atoms with Crippen molar-refractivity contribution in [2.24, 2.45) is 0 Å². The average Bonchev–Trinajstić information content (AvgIpc) is 2.35. The van der Waals surface area contributed by atoms with Crippen molar-refractivity contribution in [3.05, 3.63) is 22.2 Å². The summed E-state index contributed by atoms with van der Waals surface area (Å²) in [5, 5.41) is -1.34. The van der Waals surface area contributed by atoms with Crippen LogP contribution in [0, 0.1) is 0 Å². The number of fused-ring (bicyclic) bond motifs is 1. The van der Waals surface area contributed by atoms with Crippen LogP contribution in [0.2, 0.25) is 0 Å². The maximum absolute atomic E-state index is 11.6. The third-order valence-electron chi connectivity index (χ3n) is 3.05. The van der Waals surface area contributed by atoms with Gasteiger partial charge in [0.1, 0.15) is 13.2 Å². The zero-order valence-electron chi connectivity index (χ0n) is 10.5. The molecule has 1 aromatic rings. The van der Waals surface area contributed by atoms with E-state index in [4.69, 9.17) is 21.1 Å². The molecule has 0 fully saturated rings. The molecule has 0 saturated carbocycles. The molecule has 2 unspecified atom stereocenters. The Kier molecular flexibility index (Phi) is 4.32. The van der Waals surface area contributed by atoms with E-state index in [0.717, 1.165) is 0 Å². The molecule has 0 amide bonds. The van der Waals surface area contributed by atoms with Gasteiger partial charge in [-0.15, -0.1) is 11.6 Å². The lowest BCUT2D eigenvalue weighted by Gasteiger charge is -2.23. The molecule has 0 spiro atoms. The Bertz CT molecular complexity index is 588. The summed E-state index contributed by atoms with van der Waals surface area (Å²) in [6.07, 6.45) is 1.18. The van der Waals surface area contributed by atoms with E-state index in [2.05, 4.69) is 15.9 Å². The van der Waals surface area contributed by atoms with Crippen molar-refractivity contribution in [3.8, 4) is 11.5 Å². The molecular formula is C12H14BrClO4S. The molecule has 1 aromatic carbocycles. The zero-order chi connectivity index (χ0) is 14.2. The van der Waals surface area contributed by atoms with Gasteiger partial charge < -0.3 is 9.47 Å². The third kappa shape index (κ3) is 3.17. The smallest absolute Gasteiger partial charge is 0.162 e. The average molecular weight is 370 g/mol. The topological polar surface area (TPSA) is 52.6 Å². The lowest BCUT2D eigenvalue weighted by atomic mass is 10.1. The Labute approximate surface area is 126 Å². The third-order valence-corrected chi connectivity index (χ3v) is 6.12. The van der Waals surface area contributed by atoms with Gasteiger partial charge in [-0.05, 0) is 24.6 Å². The highest BCUT2D eigenvalue weighted by Gasteiger charge is 2.28. The van der Waals surface area contributed by atoms with E-state index < -0.39 is 20.5 Å². The molecule has 2 atom stereocenters. The number of benzene rings is 1. The fraction of sp³-hybridized carbons (Fsp3) is 0.500. The molecule has 1 aliphatic rings. The molecule has 0 aromatic heterocycles. The minimum absolute atomic E-state index is 0.475. The zero-order valence-corrected chi connectivity index (χ0v) is 13.7. The SMILES string of the molecule is CC(C(Cl)c1cc2c(cc1Br)OCCO2)S(C)(=O)=O. The maximum atomic E-state index is 11.6. The molecule has 2 rings (SSSR count). The summed E-state index contributed by atoms with van der Waals surface area (Å²) in [5.74, 6) is 1.23. The van der Waals surface area contributed by atoms with Crippen LogP contribution in [0.4, 0.5) is 0 Å². The molecule has 106 valence electrons. The van der Waals surface area contributed by atoms with Crippen LogP contribution in [0.5, 0.6) is 11.5 Å². The highest BCUT2D eigenvalue weighted by atomic mass is 79.9. The van der Waals surface area contributed by atoms with Crippen LogP contribution in [0.15, 0.2) is 16.6 Å². The van der Waals surface area contributed by atoms with Crippen LogP contribution >= 0.6 is 27.5 Å². The Hall–Kier alpha value is -0.460. The highest BCUT2D eigenvalue weighted by molar-refractivity contribution is 9.10. The molecule has 0 bridgehead atoms. The normalized spacial score (nSPS) is 17.9. The van der Waals surface area contributed by atoms with Gasteiger partial charge in [-0.25, -0.2) is 8.42 Å². The molecule has 1 heterocycles. The molecule has 7 heteroatoms. The Morgan fingerprint density at radius 3 is 2.32 bits per heavy atom. The van der Waals surface area contributed by atoms with Crippen molar-refractivity contribution < 1.29 is 17.9 Å². The highest BCUT2D eigenvalue weighted by Crippen LogP contribution is 2.41. The maximum Gasteiger partial charge on any atom is 0.162 e. The summed E-state index contributed by atoms with van der Waals surface area (Å²) in [4.78, 5) is 0. The van der Waals surface area contributed by atoms with Gasteiger partial charge in [0.2, 0.25) is 0 Å². The number of hydrogen-bond acceptors (Lipinski definition) is 4. The lowest BCUT2D eigenvalue weighted by Crippen LogP contribution is -2.22. The van der Waals surface area contributed by atoms with Crippen LogP contribution < -0.4 is 9.47 Å². The summed E-state index contributed by atoms with van der Waals surface area (Å²) < 4.78 is 34.8. The number of sulfone groups is 1. The molecule has 0 radical (unpaired) electrons. The van der Waals surface area contributed by atoms with E-state index in [1.165, 1.54) is 6.26 Å². The fourth-order valence-corrected chi connectivity index (χ4v) is 3.78. The summed E-state index contributed by atoms with van der Waals surface area (Å²) in [6.45, 7) is 2.57. The van der Waals surface area contributed by atoms with Gasteiger partial charge in [0.15, 0.2) is 21.3 Å². The summed E-state index contributed by atoms with van der Waals surface area (Å²) >= 11 is 9.68. The number of hydrogen-bond donors (Lipinski definition) is 0. The second-order valence-corrected chi connectivity index (χ2v) is 8.18. The first-order valence-corrected chi connectivity index (χ1v) is 8.91. The molecule has 1 aliphatic heterocycles. The van der Waals surface area contributed by atoms with Gasteiger partial charge in [0.05, 0.1) is 10.6 Å². The number of rotatable bonds is 3. The van der Waals surface area contributed by atoms with E-state index >= 15 is 0 Å². The van der Waals surface area contributed by atoms with E-state index in [1.807, 2.05) is 0 Å². The van der Waals surface area contributed by atoms with Crippen LogP contribution in [0.1, 0.15) is 17.9 Å². The van der Waals surface area contributed by atoms with Crippen LogP contribution in [0.3, 0.4) is 0 Å². The van der Waals surface area contributed by atoms with Gasteiger partial charge in [0, 0.05) is 10.7 Å². The second-order valence-electron chi connectivity index (χ2n) is 4.45. The lowest BCUT2D eigenvalue weighted by molar-refractivity contribution is 0.171. The Morgan fingerprint density at radius 2 is 1.79 bits per heavy atom. The minimum atomic E-state index is -3.21. The standard InChI is InChI=1S/C12H14BrClO4S/c1-7(19(2,15)16)12(14)8-5-10-11(6-9(8)13)18-4-3-17-10/h5-7,12H,3-4H2,1-2H3. The Morgan fingerprint density at radius 1 is 1.26 bits per heavy atom. The van der Waals surface area contributed by atoms with Gasteiger partial charge in [-0.3, -0.25) is 0 Å². The quantitative estimate of drug-likeness (QED) is 0.769. The minimum Gasteiger partial charge on any atom is -0.486 e. The van der Waals surface area contributed by atoms with Gasteiger partial charge in [-0.1, -0.05) is 15.9 Å². The largest absolute Gasteiger partial charge is 0.486 e. The van der Waals surface area contributed by atoms with Crippen molar-refractivity contribution in [2.45, 2.75) is 17.6 Å². The second kappa shape index (κ2) is 5.50. The molecule has 19 heavy (non-hydrogen) atoms. The van der Waals surface area contributed by atoms with Crippen LogP contribution in [-0.4, -0.2) is 33.1 Å². The Balaban J connectivity index is 2.40. The van der Waals surface area contributed by atoms with E-state index in [1.54, 1.807) is 19.1 Å². The fourth-order valence-electron chi connectivity index (χ4n) is 1.76. The molecule has 0 saturated heterocycles. The van der Waals surface area contributed by atoms with Gasteiger partial charge >= 0.3 is 0 Å². The first-order valence-electron chi connectivity index (χ1n) is 5.72. The molecular weight excluding hydrogens is 356 g/mol. The predicted molar refractivity (Wildman–Crippen MR) is 78.0 cm³/mol. The van der Waals surface area contributed by atoms with Crippen molar-refractivity contribution in [3.63, 3.8) is 0 Å². The number of halogens is 2. The van der Waals surface area contributed by atoms with E-state index in [0.29, 0.717) is 34.7 Å². The van der Waals surface area contributed by atoms with E-state index in [9.17, 15) is 8.42 Å². The van der Waals surface area contributed by atoms with E-state index in [-0.39, 0.29) is 0 Å².